The van der Waals surface area contributed by atoms with Gasteiger partial charge in [0, 0.05) is 12.8 Å². The molecule has 0 aromatic heterocycles. The summed E-state index contributed by atoms with van der Waals surface area (Å²) in [7, 11) is 0. The van der Waals surface area contributed by atoms with Crippen LogP contribution in [0.5, 0.6) is 0 Å². The molecule has 0 saturated carbocycles. The summed E-state index contributed by atoms with van der Waals surface area (Å²) in [6.45, 7) is 1.84. The second-order valence-electron chi connectivity index (χ2n) is 2.62. The summed E-state index contributed by atoms with van der Waals surface area (Å²) in [6.07, 6.45) is 5.99. The number of hydrogen-bond acceptors (Lipinski definition) is 2. The Morgan fingerprint density at radius 3 is 2.62 bits per heavy atom. The van der Waals surface area contributed by atoms with Gasteiger partial charge in [0.2, 0.25) is 5.91 Å². The topological polar surface area (TPSA) is 66.4 Å². The van der Waals surface area contributed by atoms with Crippen molar-refractivity contribution >= 4 is 11.9 Å². The minimum atomic E-state index is -1.09. The fourth-order valence-electron chi connectivity index (χ4n) is 0.811. The highest BCUT2D eigenvalue weighted by Gasteiger charge is 2.17. The normalized spacial score (nSPS) is 11.4. The Hall–Kier alpha value is -1.50. The lowest BCUT2D eigenvalue weighted by Crippen LogP contribution is -2.40. The molecule has 0 aromatic carbocycles. The zero-order valence-corrected chi connectivity index (χ0v) is 7.54. The summed E-state index contributed by atoms with van der Waals surface area (Å²) in [5, 5.41) is 10.9. The largest absolute Gasteiger partial charge is 0.480 e. The highest BCUT2D eigenvalue weighted by atomic mass is 16.4. The van der Waals surface area contributed by atoms with E-state index in [1.54, 1.807) is 0 Å². The molecule has 2 N–H and O–H groups in total. The molecule has 0 radical (unpaired) electrons. The maximum absolute atomic E-state index is 11.0. The lowest BCUT2D eigenvalue weighted by Gasteiger charge is -2.10. The van der Waals surface area contributed by atoms with Gasteiger partial charge in [0.15, 0.2) is 0 Å². The van der Waals surface area contributed by atoms with Crippen molar-refractivity contribution in [3.8, 4) is 12.3 Å². The van der Waals surface area contributed by atoms with E-state index in [1.165, 1.54) is 0 Å². The molecule has 4 heteroatoms. The van der Waals surface area contributed by atoms with Gasteiger partial charge < -0.3 is 10.4 Å². The van der Waals surface area contributed by atoms with E-state index in [0.717, 1.165) is 0 Å². The van der Waals surface area contributed by atoms with Gasteiger partial charge in [-0.2, -0.15) is 0 Å². The van der Waals surface area contributed by atoms with E-state index in [-0.39, 0.29) is 12.3 Å². The van der Waals surface area contributed by atoms with E-state index in [1.807, 2.05) is 6.92 Å². The maximum atomic E-state index is 11.0. The molecule has 72 valence electrons. The molecule has 1 atom stereocenters. The molecule has 0 saturated heterocycles. The molecule has 4 nitrogen and oxygen atoms in total. The zero-order valence-electron chi connectivity index (χ0n) is 7.54. The van der Waals surface area contributed by atoms with Gasteiger partial charge in [-0.1, -0.05) is 6.92 Å². The van der Waals surface area contributed by atoms with Gasteiger partial charge in [0.1, 0.15) is 6.04 Å². The van der Waals surface area contributed by atoms with E-state index >= 15 is 0 Å². The monoisotopic (exact) mass is 183 g/mol. The third-order valence-electron chi connectivity index (χ3n) is 1.43. The van der Waals surface area contributed by atoms with Crippen molar-refractivity contribution in [3.63, 3.8) is 0 Å². The Bertz CT molecular complexity index is 230. The smallest absolute Gasteiger partial charge is 0.327 e. The molecule has 0 spiro atoms. The van der Waals surface area contributed by atoms with Crippen LogP contribution in [0, 0.1) is 12.3 Å². The number of carbonyl (C=O) groups excluding carboxylic acids is 1. The fourth-order valence-corrected chi connectivity index (χ4v) is 0.811. The van der Waals surface area contributed by atoms with Crippen LogP contribution in [0.15, 0.2) is 0 Å². The van der Waals surface area contributed by atoms with Crippen LogP contribution in [0.4, 0.5) is 0 Å². The SMILES string of the molecule is C#CC[C@H](NC(=O)CCC)C(=O)O. The average Bonchev–Trinajstić information content (AvgIpc) is 2.04. The molecule has 0 heterocycles. The van der Waals surface area contributed by atoms with E-state index in [9.17, 15) is 9.59 Å². The van der Waals surface area contributed by atoms with Crippen LogP contribution in [0.2, 0.25) is 0 Å². The van der Waals surface area contributed by atoms with Crippen molar-refractivity contribution in [2.24, 2.45) is 0 Å². The van der Waals surface area contributed by atoms with E-state index in [2.05, 4.69) is 11.2 Å². The van der Waals surface area contributed by atoms with Gasteiger partial charge >= 0.3 is 5.97 Å². The number of carbonyl (C=O) groups is 2. The van der Waals surface area contributed by atoms with Gasteiger partial charge in [-0.05, 0) is 6.42 Å². The minimum Gasteiger partial charge on any atom is -0.480 e. The molecule has 0 fully saturated rings. The molecular formula is C9H13NO3. The molecule has 0 aromatic rings. The number of terminal acetylenes is 1. The first-order valence-corrected chi connectivity index (χ1v) is 4.07. The average molecular weight is 183 g/mol. The number of hydrogen-bond donors (Lipinski definition) is 2. The van der Waals surface area contributed by atoms with Gasteiger partial charge in [0.05, 0.1) is 0 Å². The molecule has 1 amide bonds. The highest BCUT2D eigenvalue weighted by Crippen LogP contribution is 1.93. The van der Waals surface area contributed by atoms with Crippen LogP contribution in [-0.4, -0.2) is 23.0 Å². The molecule has 0 rings (SSSR count). The molecule has 0 aliphatic rings. The van der Waals surface area contributed by atoms with Crippen LogP contribution in [0.1, 0.15) is 26.2 Å². The Balaban J connectivity index is 4.03. The van der Waals surface area contributed by atoms with Crippen molar-refractivity contribution in [2.75, 3.05) is 0 Å². The number of carboxylic acid groups (broad SMARTS) is 1. The second kappa shape index (κ2) is 6.06. The van der Waals surface area contributed by atoms with Crippen molar-refractivity contribution in [1.82, 2.24) is 5.32 Å². The summed E-state index contributed by atoms with van der Waals surface area (Å²) in [4.78, 5) is 21.5. The standard InChI is InChI=1S/C9H13NO3/c1-3-5-7(9(12)13)10-8(11)6-4-2/h1,7H,4-6H2,2H3,(H,10,11)(H,12,13)/t7-/m0/s1. The summed E-state index contributed by atoms with van der Waals surface area (Å²) >= 11 is 0. The minimum absolute atomic E-state index is 0.0186. The van der Waals surface area contributed by atoms with Crippen molar-refractivity contribution < 1.29 is 14.7 Å². The molecular weight excluding hydrogens is 170 g/mol. The maximum Gasteiger partial charge on any atom is 0.327 e. The molecule has 13 heavy (non-hydrogen) atoms. The third kappa shape index (κ3) is 4.86. The van der Waals surface area contributed by atoms with Crippen molar-refractivity contribution in [1.29, 1.82) is 0 Å². The number of amides is 1. The lowest BCUT2D eigenvalue weighted by molar-refractivity contribution is -0.141. The summed E-state index contributed by atoms with van der Waals surface area (Å²) < 4.78 is 0. The Morgan fingerprint density at radius 1 is 1.62 bits per heavy atom. The fraction of sp³-hybridized carbons (Fsp3) is 0.556. The van der Waals surface area contributed by atoms with Gasteiger partial charge in [-0.25, -0.2) is 4.79 Å². The third-order valence-corrected chi connectivity index (χ3v) is 1.43. The number of aliphatic carboxylic acids is 1. The lowest BCUT2D eigenvalue weighted by atomic mass is 10.2. The van der Waals surface area contributed by atoms with Crippen LogP contribution < -0.4 is 5.32 Å². The summed E-state index contributed by atoms with van der Waals surface area (Å²) in [5.74, 6) is 0.833. The first kappa shape index (κ1) is 11.5. The van der Waals surface area contributed by atoms with Crippen LogP contribution in [-0.2, 0) is 9.59 Å². The number of nitrogens with one attached hydrogen (secondary N) is 1. The Kier molecular flexibility index (Phi) is 5.37. The van der Waals surface area contributed by atoms with E-state index in [0.29, 0.717) is 12.8 Å². The Morgan fingerprint density at radius 2 is 2.23 bits per heavy atom. The molecule has 0 aliphatic carbocycles. The van der Waals surface area contributed by atoms with Gasteiger partial charge in [-0.15, -0.1) is 12.3 Å². The molecule has 0 unspecified atom stereocenters. The van der Waals surface area contributed by atoms with Crippen molar-refractivity contribution in [2.45, 2.75) is 32.2 Å². The van der Waals surface area contributed by atoms with Gasteiger partial charge in [-0.3, -0.25) is 4.79 Å². The predicted octanol–water partition coefficient (Wildman–Crippen LogP) is 0.379. The van der Waals surface area contributed by atoms with Crippen LogP contribution in [0.25, 0.3) is 0 Å². The first-order chi connectivity index (χ1) is 6.11. The van der Waals surface area contributed by atoms with Crippen LogP contribution in [0.3, 0.4) is 0 Å². The number of rotatable bonds is 5. The summed E-state index contributed by atoms with van der Waals surface area (Å²) in [5.41, 5.74) is 0. The molecule has 0 bridgehead atoms. The first-order valence-electron chi connectivity index (χ1n) is 4.07. The summed E-state index contributed by atoms with van der Waals surface area (Å²) in [6, 6.07) is -0.955. The number of carboxylic acids is 1. The zero-order chi connectivity index (χ0) is 10.3. The van der Waals surface area contributed by atoms with Gasteiger partial charge in [0.25, 0.3) is 0 Å². The predicted molar refractivity (Wildman–Crippen MR) is 47.9 cm³/mol. The highest BCUT2D eigenvalue weighted by molar-refractivity contribution is 5.83. The van der Waals surface area contributed by atoms with E-state index in [4.69, 9.17) is 11.5 Å². The van der Waals surface area contributed by atoms with E-state index < -0.39 is 12.0 Å². The molecule has 0 aliphatic heterocycles. The van der Waals surface area contributed by atoms with Crippen molar-refractivity contribution in [3.05, 3.63) is 0 Å². The van der Waals surface area contributed by atoms with Crippen LogP contribution >= 0.6 is 0 Å². The second-order valence-corrected chi connectivity index (χ2v) is 2.62. The Labute approximate surface area is 77.3 Å². The quantitative estimate of drug-likeness (QED) is 0.605.